The average Bonchev–Trinajstić information content (AvgIpc) is 2.95. The van der Waals surface area contributed by atoms with Gasteiger partial charge >= 0.3 is 0 Å². The highest BCUT2D eigenvalue weighted by atomic mass is 16.5. The number of para-hydroxylation sites is 1. The SMILES string of the molecule is CCCCCCN1c2ccccc2C(C)(C)C12C=Cc1c(ccc3ccccc13)O2. The predicted molar refractivity (Wildman–Crippen MR) is 127 cm³/mol. The van der Waals surface area contributed by atoms with Crippen LogP contribution in [0.2, 0.25) is 0 Å². The van der Waals surface area contributed by atoms with E-state index in [1.165, 1.54) is 53.3 Å². The molecule has 0 bridgehead atoms. The molecule has 0 fully saturated rings. The molecule has 2 aliphatic rings. The van der Waals surface area contributed by atoms with Crippen molar-refractivity contribution in [2.45, 2.75) is 57.6 Å². The molecule has 2 aliphatic heterocycles. The van der Waals surface area contributed by atoms with E-state index < -0.39 is 5.72 Å². The van der Waals surface area contributed by atoms with Crippen LogP contribution in [-0.4, -0.2) is 12.3 Å². The lowest BCUT2D eigenvalue weighted by atomic mass is 9.76. The molecule has 2 heteroatoms. The molecule has 2 nitrogen and oxygen atoms in total. The van der Waals surface area contributed by atoms with Crippen LogP contribution in [0.25, 0.3) is 16.8 Å². The predicted octanol–water partition coefficient (Wildman–Crippen LogP) is 7.32. The Morgan fingerprint density at radius 3 is 2.53 bits per heavy atom. The van der Waals surface area contributed by atoms with Gasteiger partial charge in [-0.15, -0.1) is 0 Å². The van der Waals surface area contributed by atoms with Crippen molar-refractivity contribution in [2.75, 3.05) is 11.4 Å². The minimum absolute atomic E-state index is 0.159. The van der Waals surface area contributed by atoms with Gasteiger partial charge in [-0.05, 0) is 60.9 Å². The average molecular weight is 398 g/mol. The quantitative estimate of drug-likeness (QED) is 0.418. The van der Waals surface area contributed by atoms with Crippen LogP contribution in [0.3, 0.4) is 0 Å². The summed E-state index contributed by atoms with van der Waals surface area (Å²) in [5.41, 5.74) is 3.21. The number of fused-ring (bicyclic) bond motifs is 4. The topological polar surface area (TPSA) is 12.5 Å². The van der Waals surface area contributed by atoms with Gasteiger partial charge < -0.3 is 9.64 Å². The normalized spacial score (nSPS) is 21.0. The maximum Gasteiger partial charge on any atom is 0.212 e. The zero-order chi connectivity index (χ0) is 20.8. The van der Waals surface area contributed by atoms with E-state index >= 15 is 0 Å². The Labute approximate surface area is 180 Å². The summed E-state index contributed by atoms with van der Waals surface area (Å²) in [6.07, 6.45) is 9.61. The molecule has 3 aromatic rings. The van der Waals surface area contributed by atoms with Gasteiger partial charge in [0.05, 0.1) is 5.41 Å². The van der Waals surface area contributed by atoms with E-state index in [-0.39, 0.29) is 5.41 Å². The molecule has 1 atom stereocenters. The number of anilines is 1. The minimum Gasteiger partial charge on any atom is -0.463 e. The number of hydrogen-bond donors (Lipinski definition) is 0. The summed E-state index contributed by atoms with van der Waals surface area (Å²) >= 11 is 0. The molecule has 0 amide bonds. The molecule has 1 unspecified atom stereocenters. The van der Waals surface area contributed by atoms with Crippen molar-refractivity contribution in [3.8, 4) is 5.75 Å². The Bertz CT molecular complexity index is 1110. The van der Waals surface area contributed by atoms with Crippen molar-refractivity contribution >= 4 is 22.5 Å². The number of unbranched alkanes of at least 4 members (excludes halogenated alkanes) is 3. The van der Waals surface area contributed by atoms with Gasteiger partial charge in [-0.25, -0.2) is 0 Å². The van der Waals surface area contributed by atoms with Crippen LogP contribution in [0.4, 0.5) is 5.69 Å². The second-order valence-electron chi connectivity index (χ2n) is 9.18. The van der Waals surface area contributed by atoms with Crippen LogP contribution in [0.5, 0.6) is 5.75 Å². The summed E-state index contributed by atoms with van der Waals surface area (Å²) < 4.78 is 7.00. The Morgan fingerprint density at radius 1 is 0.867 bits per heavy atom. The first-order chi connectivity index (χ1) is 14.6. The Morgan fingerprint density at radius 2 is 1.67 bits per heavy atom. The zero-order valence-corrected chi connectivity index (χ0v) is 18.3. The summed E-state index contributed by atoms with van der Waals surface area (Å²) in [5.74, 6) is 0.982. The van der Waals surface area contributed by atoms with E-state index in [9.17, 15) is 0 Å². The molecule has 154 valence electrons. The monoisotopic (exact) mass is 397 g/mol. The molecule has 0 aromatic heterocycles. The third-order valence-corrected chi connectivity index (χ3v) is 7.07. The highest BCUT2D eigenvalue weighted by molar-refractivity contribution is 5.94. The Balaban J connectivity index is 1.61. The standard InChI is InChI=1S/C28H31NO/c1-4-5-6-11-20-29-25-15-10-9-14-24(25)27(2,3)28(29)19-18-23-22-13-8-7-12-21(22)16-17-26(23)30-28/h7-10,12-19H,4-6,11,20H2,1-3H3. The maximum atomic E-state index is 7.00. The van der Waals surface area contributed by atoms with Crippen molar-refractivity contribution in [3.63, 3.8) is 0 Å². The van der Waals surface area contributed by atoms with Crippen LogP contribution in [0.1, 0.15) is 57.6 Å². The lowest BCUT2D eigenvalue weighted by Crippen LogP contribution is -2.59. The zero-order valence-electron chi connectivity index (χ0n) is 18.3. The summed E-state index contributed by atoms with van der Waals surface area (Å²) in [6, 6.07) is 21.7. The smallest absolute Gasteiger partial charge is 0.212 e. The molecule has 30 heavy (non-hydrogen) atoms. The molecule has 1 spiro atoms. The van der Waals surface area contributed by atoms with E-state index in [1.807, 2.05) is 0 Å². The second-order valence-corrected chi connectivity index (χ2v) is 9.18. The summed E-state index contributed by atoms with van der Waals surface area (Å²) in [4.78, 5) is 2.52. The van der Waals surface area contributed by atoms with Crippen LogP contribution < -0.4 is 9.64 Å². The van der Waals surface area contributed by atoms with Crippen molar-refractivity contribution in [1.29, 1.82) is 0 Å². The van der Waals surface area contributed by atoms with E-state index in [0.717, 1.165) is 12.3 Å². The summed E-state index contributed by atoms with van der Waals surface area (Å²) in [6.45, 7) is 7.93. The molecule has 0 saturated heterocycles. The van der Waals surface area contributed by atoms with Crippen molar-refractivity contribution in [3.05, 3.63) is 77.9 Å². The van der Waals surface area contributed by atoms with Gasteiger partial charge in [0.2, 0.25) is 5.72 Å². The molecule has 5 rings (SSSR count). The van der Waals surface area contributed by atoms with E-state index in [1.54, 1.807) is 0 Å². The van der Waals surface area contributed by atoms with Crippen LogP contribution in [0, 0.1) is 0 Å². The number of rotatable bonds is 5. The van der Waals surface area contributed by atoms with E-state index in [2.05, 4.69) is 98.5 Å². The number of ether oxygens (including phenoxy) is 1. The van der Waals surface area contributed by atoms with Crippen LogP contribution in [0.15, 0.2) is 66.7 Å². The summed E-state index contributed by atoms with van der Waals surface area (Å²) in [5, 5.41) is 2.51. The number of benzene rings is 3. The van der Waals surface area contributed by atoms with Gasteiger partial charge in [-0.2, -0.15) is 0 Å². The molecule has 0 aliphatic carbocycles. The van der Waals surface area contributed by atoms with Gasteiger partial charge in [0.15, 0.2) is 0 Å². The highest BCUT2D eigenvalue weighted by Gasteiger charge is 2.58. The third kappa shape index (κ3) is 2.70. The summed E-state index contributed by atoms with van der Waals surface area (Å²) in [7, 11) is 0. The molecular weight excluding hydrogens is 366 g/mol. The molecular formula is C28H31NO. The molecule has 0 saturated carbocycles. The van der Waals surface area contributed by atoms with Gasteiger partial charge in [0, 0.05) is 17.8 Å². The van der Waals surface area contributed by atoms with Crippen LogP contribution in [-0.2, 0) is 5.41 Å². The first-order valence-corrected chi connectivity index (χ1v) is 11.4. The first kappa shape index (κ1) is 19.2. The minimum atomic E-state index is -0.502. The fourth-order valence-corrected chi connectivity index (χ4v) is 5.35. The number of nitrogens with zero attached hydrogens (tertiary/aromatic N) is 1. The number of hydrogen-bond acceptors (Lipinski definition) is 2. The van der Waals surface area contributed by atoms with Gasteiger partial charge in [0.25, 0.3) is 0 Å². The third-order valence-electron chi connectivity index (χ3n) is 7.07. The van der Waals surface area contributed by atoms with Gasteiger partial charge in [-0.3, -0.25) is 0 Å². The van der Waals surface area contributed by atoms with Crippen molar-refractivity contribution in [2.24, 2.45) is 0 Å². The largest absolute Gasteiger partial charge is 0.463 e. The van der Waals surface area contributed by atoms with E-state index in [0.29, 0.717) is 0 Å². The maximum absolute atomic E-state index is 7.00. The fraction of sp³-hybridized carbons (Fsp3) is 0.357. The molecule has 2 heterocycles. The Hall–Kier alpha value is -2.74. The van der Waals surface area contributed by atoms with Crippen LogP contribution >= 0.6 is 0 Å². The molecule has 0 radical (unpaired) electrons. The van der Waals surface area contributed by atoms with Gasteiger partial charge in [0.1, 0.15) is 5.75 Å². The first-order valence-electron chi connectivity index (χ1n) is 11.4. The fourth-order valence-electron chi connectivity index (χ4n) is 5.35. The second kappa shape index (κ2) is 7.19. The Kier molecular flexibility index (Phi) is 4.61. The highest BCUT2D eigenvalue weighted by Crippen LogP contribution is 2.55. The lowest BCUT2D eigenvalue weighted by Gasteiger charge is -2.47. The molecule has 3 aromatic carbocycles. The molecule has 0 N–H and O–H groups in total. The van der Waals surface area contributed by atoms with E-state index in [4.69, 9.17) is 4.74 Å². The van der Waals surface area contributed by atoms with Crippen molar-refractivity contribution < 1.29 is 4.74 Å². The van der Waals surface area contributed by atoms with Crippen molar-refractivity contribution in [1.82, 2.24) is 0 Å². The van der Waals surface area contributed by atoms with Gasteiger partial charge in [-0.1, -0.05) is 74.7 Å². The lowest BCUT2D eigenvalue weighted by molar-refractivity contribution is 0.0534.